The van der Waals surface area contributed by atoms with Crippen molar-refractivity contribution in [1.29, 1.82) is 0 Å². The molecule has 1 aliphatic carbocycles. The molecule has 0 N–H and O–H groups in total. The van der Waals surface area contributed by atoms with E-state index in [0.717, 1.165) is 18.0 Å². The van der Waals surface area contributed by atoms with Crippen LogP contribution in [0.4, 0.5) is 0 Å². The van der Waals surface area contributed by atoms with Crippen LogP contribution in [0.2, 0.25) is 0 Å². The number of carbonyl (C=O) groups excluding carboxylic acids is 1. The summed E-state index contributed by atoms with van der Waals surface area (Å²) >= 11 is 1.54. The standard InChI is InChI=1S/C15H20N4O3S/c1-10(12-8-9-13(22-12)14(20)21-2)23-15-16-17-18-19(15)11-6-4-3-5-7-11/h8-11H,3-7H2,1-2H3. The van der Waals surface area contributed by atoms with Crippen LogP contribution >= 0.6 is 11.8 Å². The van der Waals surface area contributed by atoms with Gasteiger partial charge in [0.15, 0.2) is 0 Å². The zero-order valence-corrected chi connectivity index (χ0v) is 14.1. The highest BCUT2D eigenvalue weighted by Crippen LogP contribution is 2.37. The van der Waals surface area contributed by atoms with Gasteiger partial charge in [0.1, 0.15) is 5.76 Å². The summed E-state index contributed by atoms with van der Waals surface area (Å²) in [5.74, 6) is 0.441. The monoisotopic (exact) mass is 336 g/mol. The second-order valence-corrected chi connectivity index (χ2v) is 6.96. The molecule has 7 nitrogen and oxygen atoms in total. The van der Waals surface area contributed by atoms with Crippen LogP contribution in [-0.2, 0) is 4.74 Å². The predicted octanol–water partition coefficient (Wildman–Crippen LogP) is 3.41. The Bertz CT molecular complexity index is 663. The number of aromatic nitrogens is 4. The van der Waals surface area contributed by atoms with Crippen LogP contribution in [0.1, 0.15) is 66.6 Å². The lowest BCUT2D eigenvalue weighted by molar-refractivity contribution is 0.0563. The van der Waals surface area contributed by atoms with Gasteiger partial charge in [0.05, 0.1) is 18.4 Å². The number of tetrazole rings is 1. The van der Waals surface area contributed by atoms with Crippen LogP contribution in [0.3, 0.4) is 0 Å². The van der Waals surface area contributed by atoms with Gasteiger partial charge in [0, 0.05) is 0 Å². The molecular weight excluding hydrogens is 316 g/mol. The Kier molecular flexibility index (Phi) is 5.00. The van der Waals surface area contributed by atoms with Gasteiger partial charge >= 0.3 is 5.97 Å². The maximum absolute atomic E-state index is 11.5. The van der Waals surface area contributed by atoms with Crippen molar-refractivity contribution in [3.8, 4) is 0 Å². The third kappa shape index (κ3) is 3.57. The second-order valence-electron chi connectivity index (χ2n) is 5.65. The second kappa shape index (κ2) is 7.16. The fourth-order valence-corrected chi connectivity index (χ4v) is 3.75. The molecule has 23 heavy (non-hydrogen) atoms. The quantitative estimate of drug-likeness (QED) is 0.611. The highest BCUT2D eigenvalue weighted by molar-refractivity contribution is 7.99. The van der Waals surface area contributed by atoms with Crippen LogP contribution in [0.15, 0.2) is 21.7 Å². The molecule has 124 valence electrons. The van der Waals surface area contributed by atoms with E-state index in [1.807, 2.05) is 11.6 Å². The van der Waals surface area contributed by atoms with Crippen LogP contribution in [0.25, 0.3) is 0 Å². The van der Waals surface area contributed by atoms with Gasteiger partial charge < -0.3 is 9.15 Å². The summed E-state index contributed by atoms with van der Waals surface area (Å²) in [6.45, 7) is 2.00. The maximum atomic E-state index is 11.5. The first kappa shape index (κ1) is 16.0. The van der Waals surface area contributed by atoms with Crippen LogP contribution in [0.5, 0.6) is 0 Å². The van der Waals surface area contributed by atoms with Crippen molar-refractivity contribution < 1.29 is 13.9 Å². The number of esters is 1. The third-order valence-electron chi connectivity index (χ3n) is 4.08. The lowest BCUT2D eigenvalue weighted by Gasteiger charge is -2.22. The van der Waals surface area contributed by atoms with Gasteiger partial charge in [-0.3, -0.25) is 0 Å². The number of nitrogens with zero attached hydrogens (tertiary/aromatic N) is 4. The Labute approximate surface area is 138 Å². The summed E-state index contributed by atoms with van der Waals surface area (Å²) < 4.78 is 12.2. The molecule has 8 heteroatoms. The number of hydrogen-bond donors (Lipinski definition) is 0. The summed E-state index contributed by atoms with van der Waals surface area (Å²) in [5.41, 5.74) is 0. The van der Waals surface area contributed by atoms with Gasteiger partial charge in [-0.15, -0.1) is 5.10 Å². The molecule has 1 saturated carbocycles. The topological polar surface area (TPSA) is 83.0 Å². The number of hydrogen-bond acceptors (Lipinski definition) is 7. The van der Waals surface area contributed by atoms with Crippen LogP contribution in [-0.4, -0.2) is 33.3 Å². The summed E-state index contributed by atoms with van der Waals surface area (Å²) in [6, 6.07) is 3.80. The molecule has 0 aromatic carbocycles. The molecule has 0 saturated heterocycles. The van der Waals surface area contributed by atoms with Crippen molar-refractivity contribution in [3.63, 3.8) is 0 Å². The maximum Gasteiger partial charge on any atom is 0.373 e. The average molecular weight is 336 g/mol. The van der Waals surface area contributed by atoms with E-state index in [2.05, 4.69) is 20.3 Å². The van der Waals surface area contributed by atoms with E-state index in [1.165, 1.54) is 38.1 Å². The first-order valence-electron chi connectivity index (χ1n) is 7.81. The minimum Gasteiger partial charge on any atom is -0.463 e. The number of carbonyl (C=O) groups is 1. The van der Waals surface area contributed by atoms with Crippen molar-refractivity contribution in [3.05, 3.63) is 23.7 Å². The Morgan fingerprint density at radius 3 is 2.91 bits per heavy atom. The minimum absolute atomic E-state index is 0.00162. The Morgan fingerprint density at radius 2 is 2.17 bits per heavy atom. The summed E-state index contributed by atoms with van der Waals surface area (Å²) in [5, 5.41) is 12.9. The molecule has 1 fully saturated rings. The molecular formula is C15H20N4O3S. The van der Waals surface area contributed by atoms with E-state index in [0.29, 0.717) is 11.8 Å². The normalized spacial score (nSPS) is 17.1. The number of thioether (sulfide) groups is 1. The van der Waals surface area contributed by atoms with E-state index in [1.54, 1.807) is 12.1 Å². The van der Waals surface area contributed by atoms with E-state index >= 15 is 0 Å². The van der Waals surface area contributed by atoms with Crippen molar-refractivity contribution in [2.24, 2.45) is 0 Å². The van der Waals surface area contributed by atoms with Crippen molar-refractivity contribution in [2.75, 3.05) is 7.11 Å². The summed E-state index contributed by atoms with van der Waals surface area (Å²) in [7, 11) is 1.33. The van der Waals surface area contributed by atoms with Crippen LogP contribution < -0.4 is 0 Å². The van der Waals surface area contributed by atoms with Crippen molar-refractivity contribution in [2.45, 2.75) is 55.5 Å². The van der Waals surface area contributed by atoms with Crippen LogP contribution in [0, 0.1) is 0 Å². The molecule has 3 rings (SSSR count). The predicted molar refractivity (Wildman–Crippen MR) is 84.3 cm³/mol. The zero-order chi connectivity index (χ0) is 16.2. The first-order valence-corrected chi connectivity index (χ1v) is 8.69. The van der Waals surface area contributed by atoms with Crippen molar-refractivity contribution >= 4 is 17.7 Å². The number of rotatable bonds is 5. The first-order chi connectivity index (χ1) is 11.2. The fourth-order valence-electron chi connectivity index (χ4n) is 2.82. The molecule has 1 unspecified atom stereocenters. The summed E-state index contributed by atoms with van der Waals surface area (Å²) in [6.07, 6.45) is 6.00. The van der Waals surface area contributed by atoms with Gasteiger partial charge in [0.25, 0.3) is 0 Å². The SMILES string of the molecule is COC(=O)c1ccc(C(C)Sc2nnnn2C2CCCCC2)o1. The Morgan fingerprint density at radius 1 is 1.39 bits per heavy atom. The number of furan rings is 1. The number of methoxy groups -OCH3 is 1. The average Bonchev–Trinajstić information content (AvgIpc) is 3.24. The lowest BCUT2D eigenvalue weighted by Crippen LogP contribution is -2.15. The highest BCUT2D eigenvalue weighted by atomic mass is 32.2. The van der Waals surface area contributed by atoms with E-state index in [4.69, 9.17) is 4.42 Å². The van der Waals surface area contributed by atoms with Gasteiger partial charge in [-0.05, 0) is 42.3 Å². The lowest BCUT2D eigenvalue weighted by atomic mass is 9.96. The molecule has 0 aliphatic heterocycles. The summed E-state index contributed by atoms with van der Waals surface area (Å²) in [4.78, 5) is 11.5. The van der Waals surface area contributed by atoms with E-state index in [-0.39, 0.29) is 11.0 Å². The van der Waals surface area contributed by atoms with Crippen molar-refractivity contribution in [1.82, 2.24) is 20.2 Å². The largest absolute Gasteiger partial charge is 0.463 e. The molecule has 2 heterocycles. The molecule has 0 radical (unpaired) electrons. The highest BCUT2D eigenvalue weighted by Gasteiger charge is 2.23. The molecule has 2 aromatic rings. The molecule has 0 bridgehead atoms. The van der Waals surface area contributed by atoms with Gasteiger partial charge in [0.2, 0.25) is 10.9 Å². The molecule has 0 spiro atoms. The molecule has 1 atom stereocenters. The van der Waals surface area contributed by atoms with Gasteiger partial charge in [-0.1, -0.05) is 31.0 Å². The Balaban J connectivity index is 1.70. The van der Waals surface area contributed by atoms with Gasteiger partial charge in [-0.2, -0.15) is 0 Å². The molecule has 0 amide bonds. The van der Waals surface area contributed by atoms with E-state index < -0.39 is 5.97 Å². The number of ether oxygens (including phenoxy) is 1. The van der Waals surface area contributed by atoms with E-state index in [9.17, 15) is 4.79 Å². The fraction of sp³-hybridized carbons (Fsp3) is 0.600. The minimum atomic E-state index is -0.472. The molecule has 1 aliphatic rings. The zero-order valence-electron chi connectivity index (χ0n) is 13.3. The smallest absolute Gasteiger partial charge is 0.373 e. The third-order valence-corrected chi connectivity index (χ3v) is 5.14. The van der Waals surface area contributed by atoms with Gasteiger partial charge in [-0.25, -0.2) is 9.48 Å². The molecule has 2 aromatic heterocycles. The Hall–Kier alpha value is -1.83.